The summed E-state index contributed by atoms with van der Waals surface area (Å²) < 4.78 is 7.76. The smallest absolute Gasteiger partial charge is 0.269 e. The molecule has 2 aromatic carbocycles. The van der Waals surface area contributed by atoms with Gasteiger partial charge in [0.2, 0.25) is 5.82 Å². The Morgan fingerprint density at radius 1 is 0.972 bits per heavy atom. The van der Waals surface area contributed by atoms with E-state index < -0.39 is 4.92 Å². The van der Waals surface area contributed by atoms with Crippen LogP contribution in [0.5, 0.6) is 0 Å². The van der Waals surface area contributed by atoms with Gasteiger partial charge in [-0.2, -0.15) is 4.80 Å². The Morgan fingerprint density at radius 2 is 1.81 bits per heavy atom. The average molecular weight is 496 g/mol. The van der Waals surface area contributed by atoms with Crippen LogP contribution in [0, 0.1) is 10.1 Å². The fourth-order valence-corrected chi connectivity index (χ4v) is 4.67. The average Bonchev–Trinajstić information content (AvgIpc) is 3.71. The second kappa shape index (κ2) is 9.04. The van der Waals surface area contributed by atoms with Crippen LogP contribution >= 0.6 is 11.3 Å². The summed E-state index contributed by atoms with van der Waals surface area (Å²) in [6.07, 6.45) is 1.61. The van der Waals surface area contributed by atoms with Crippen LogP contribution in [0.25, 0.3) is 39.4 Å². The molecule has 0 bridgehead atoms. The molecule has 11 heteroatoms. The summed E-state index contributed by atoms with van der Waals surface area (Å²) in [6, 6.07) is 23.9. The summed E-state index contributed by atoms with van der Waals surface area (Å²) in [6.45, 7) is 0.309. The molecule has 0 aliphatic carbocycles. The maximum Gasteiger partial charge on any atom is 0.269 e. The number of nitrogens with zero attached hydrogens (tertiary/aromatic N) is 7. The third-order valence-corrected chi connectivity index (χ3v) is 6.40. The van der Waals surface area contributed by atoms with Gasteiger partial charge < -0.3 is 4.42 Å². The number of benzene rings is 2. The van der Waals surface area contributed by atoms with Gasteiger partial charge in [0, 0.05) is 17.8 Å². The van der Waals surface area contributed by atoms with E-state index in [1.54, 1.807) is 29.7 Å². The molecule has 0 unspecified atom stereocenters. The molecule has 4 aromatic heterocycles. The molecule has 0 aliphatic heterocycles. The normalized spacial score (nSPS) is 11.1. The molecule has 176 valence electrons. The Labute approximate surface area is 208 Å². The maximum atomic E-state index is 10.9. The molecule has 6 rings (SSSR count). The zero-order valence-electron chi connectivity index (χ0n) is 18.6. The lowest BCUT2D eigenvalue weighted by molar-refractivity contribution is -0.384. The first-order chi connectivity index (χ1) is 17.7. The van der Waals surface area contributed by atoms with E-state index in [1.807, 2.05) is 64.5 Å². The Hall–Kier alpha value is -4.90. The van der Waals surface area contributed by atoms with Gasteiger partial charge in [-0.1, -0.05) is 36.4 Å². The third-order valence-electron chi connectivity index (χ3n) is 5.52. The number of aromatic nitrogens is 6. The van der Waals surface area contributed by atoms with Crippen molar-refractivity contribution in [3.05, 3.63) is 106 Å². The number of nitro groups is 1. The minimum absolute atomic E-state index is 0.0310. The Balaban J connectivity index is 1.47. The topological polar surface area (TPSA) is 118 Å². The first-order valence-electron chi connectivity index (χ1n) is 10.9. The van der Waals surface area contributed by atoms with Crippen LogP contribution < -0.4 is 0 Å². The van der Waals surface area contributed by atoms with E-state index >= 15 is 0 Å². The highest BCUT2D eigenvalue weighted by Gasteiger charge is 2.26. The van der Waals surface area contributed by atoms with Gasteiger partial charge in [0.05, 0.1) is 28.3 Å². The van der Waals surface area contributed by atoms with Gasteiger partial charge in [-0.3, -0.25) is 14.7 Å². The van der Waals surface area contributed by atoms with Gasteiger partial charge >= 0.3 is 0 Å². The van der Waals surface area contributed by atoms with Crippen LogP contribution in [0.2, 0.25) is 0 Å². The summed E-state index contributed by atoms with van der Waals surface area (Å²) in [7, 11) is 0. The minimum Gasteiger partial charge on any atom is -0.461 e. The molecule has 0 atom stereocenters. The number of hydrogen-bond donors (Lipinski definition) is 0. The van der Waals surface area contributed by atoms with Crippen molar-refractivity contribution >= 4 is 17.0 Å². The number of furan rings is 1. The Bertz CT molecular complexity index is 1620. The minimum atomic E-state index is -0.429. The van der Waals surface area contributed by atoms with Gasteiger partial charge in [-0.05, 0) is 46.5 Å². The number of imidazole rings is 1. The molecule has 0 aliphatic rings. The summed E-state index contributed by atoms with van der Waals surface area (Å²) in [5.74, 6) is 1.60. The maximum absolute atomic E-state index is 10.9. The fourth-order valence-electron chi connectivity index (χ4n) is 3.91. The second-order valence-corrected chi connectivity index (χ2v) is 8.77. The highest BCUT2D eigenvalue weighted by Crippen LogP contribution is 2.39. The summed E-state index contributed by atoms with van der Waals surface area (Å²) >= 11 is 1.59. The molecule has 6 aromatic rings. The summed E-state index contributed by atoms with van der Waals surface area (Å²) in [5.41, 5.74) is 3.17. The van der Waals surface area contributed by atoms with Gasteiger partial charge in [-0.15, -0.1) is 21.5 Å². The van der Waals surface area contributed by atoms with Crippen molar-refractivity contribution < 1.29 is 9.34 Å². The van der Waals surface area contributed by atoms with E-state index in [-0.39, 0.29) is 5.69 Å². The molecule has 10 nitrogen and oxygen atoms in total. The summed E-state index contributed by atoms with van der Waals surface area (Å²) in [4.78, 5) is 17.9. The van der Waals surface area contributed by atoms with Crippen molar-refractivity contribution in [3.63, 3.8) is 0 Å². The SMILES string of the molecule is O=[N+]([O-])c1ccc(Cn2nnc(-c3nc(-c4ccco4)n(-c4ccccc4)c3-c3cccs3)n2)cc1. The first-order valence-corrected chi connectivity index (χ1v) is 11.8. The molecule has 0 saturated carbocycles. The van der Waals surface area contributed by atoms with Crippen molar-refractivity contribution in [2.45, 2.75) is 6.54 Å². The highest BCUT2D eigenvalue weighted by molar-refractivity contribution is 7.13. The van der Waals surface area contributed by atoms with E-state index in [0.29, 0.717) is 29.6 Å². The molecule has 0 saturated heterocycles. The van der Waals surface area contributed by atoms with E-state index in [0.717, 1.165) is 21.8 Å². The zero-order valence-corrected chi connectivity index (χ0v) is 19.4. The van der Waals surface area contributed by atoms with Crippen LogP contribution in [-0.2, 0) is 6.54 Å². The van der Waals surface area contributed by atoms with Gasteiger partial charge in [0.1, 0.15) is 5.69 Å². The predicted molar refractivity (Wildman–Crippen MR) is 134 cm³/mol. The van der Waals surface area contributed by atoms with Crippen LogP contribution in [0.15, 0.2) is 94.9 Å². The molecule has 0 N–H and O–H groups in total. The molecular formula is C25H17N7O3S. The van der Waals surface area contributed by atoms with Gasteiger partial charge in [-0.25, -0.2) is 4.98 Å². The standard InChI is InChI=1S/C25H17N7O3S/c33-32(34)19-12-10-17(11-13-19)16-30-28-24(27-29-30)22-23(21-9-5-15-36-21)31(18-6-2-1-3-7-18)25(26-22)20-8-4-14-35-20/h1-15H,16H2. The fraction of sp³-hybridized carbons (Fsp3) is 0.0400. The van der Waals surface area contributed by atoms with Crippen LogP contribution in [0.3, 0.4) is 0 Å². The number of para-hydroxylation sites is 1. The van der Waals surface area contributed by atoms with E-state index in [9.17, 15) is 10.1 Å². The third kappa shape index (κ3) is 3.97. The predicted octanol–water partition coefficient (Wildman–Crippen LogP) is 5.47. The van der Waals surface area contributed by atoms with Crippen molar-refractivity contribution in [3.8, 4) is 39.4 Å². The number of rotatable bonds is 7. The number of non-ortho nitro benzene ring substituents is 1. The van der Waals surface area contributed by atoms with E-state index in [2.05, 4.69) is 15.4 Å². The van der Waals surface area contributed by atoms with Crippen molar-refractivity contribution in [2.24, 2.45) is 0 Å². The van der Waals surface area contributed by atoms with Crippen LogP contribution in [0.4, 0.5) is 5.69 Å². The van der Waals surface area contributed by atoms with Crippen molar-refractivity contribution in [1.82, 2.24) is 29.8 Å². The van der Waals surface area contributed by atoms with E-state index in [4.69, 9.17) is 9.40 Å². The molecule has 0 amide bonds. The highest BCUT2D eigenvalue weighted by atomic mass is 32.1. The zero-order chi connectivity index (χ0) is 24.5. The quantitative estimate of drug-likeness (QED) is 0.213. The second-order valence-electron chi connectivity index (χ2n) is 7.83. The number of tetrazole rings is 1. The molecule has 0 spiro atoms. The summed E-state index contributed by atoms with van der Waals surface area (Å²) in [5, 5.41) is 26.0. The molecule has 36 heavy (non-hydrogen) atoms. The number of thiophene rings is 1. The lowest BCUT2D eigenvalue weighted by Crippen LogP contribution is -2.04. The monoisotopic (exact) mass is 495 g/mol. The molecule has 4 heterocycles. The van der Waals surface area contributed by atoms with Crippen LogP contribution in [-0.4, -0.2) is 34.7 Å². The Kier molecular flexibility index (Phi) is 5.43. The largest absolute Gasteiger partial charge is 0.461 e. The molecule has 0 fully saturated rings. The van der Waals surface area contributed by atoms with Crippen molar-refractivity contribution in [2.75, 3.05) is 0 Å². The van der Waals surface area contributed by atoms with Crippen LogP contribution in [0.1, 0.15) is 5.56 Å². The number of hydrogen-bond acceptors (Lipinski definition) is 8. The molecule has 0 radical (unpaired) electrons. The van der Waals surface area contributed by atoms with E-state index in [1.165, 1.54) is 16.9 Å². The lowest BCUT2D eigenvalue weighted by Gasteiger charge is -2.10. The lowest BCUT2D eigenvalue weighted by atomic mass is 10.2. The van der Waals surface area contributed by atoms with Gasteiger partial charge in [0.25, 0.3) is 5.69 Å². The van der Waals surface area contributed by atoms with Gasteiger partial charge in [0.15, 0.2) is 11.6 Å². The molecular weight excluding hydrogens is 478 g/mol. The number of nitro benzene ring substituents is 1. The Morgan fingerprint density at radius 3 is 2.50 bits per heavy atom. The first kappa shape index (κ1) is 21.6. The van der Waals surface area contributed by atoms with Crippen molar-refractivity contribution in [1.29, 1.82) is 0 Å².